The van der Waals surface area contributed by atoms with Gasteiger partial charge in [-0.15, -0.1) is 0 Å². The van der Waals surface area contributed by atoms with Gasteiger partial charge in [-0.25, -0.2) is 4.39 Å². The van der Waals surface area contributed by atoms with E-state index in [1.807, 2.05) is 18.2 Å². The number of benzene rings is 2. The number of nitrogens with one attached hydrogen (secondary N) is 1. The number of piperidine rings is 1. The number of halogens is 1. The van der Waals surface area contributed by atoms with Crippen LogP contribution in [0.5, 0.6) is 5.75 Å². The largest absolute Gasteiger partial charge is 0.497 e. The topological polar surface area (TPSA) is 58.6 Å². The lowest BCUT2D eigenvalue weighted by Gasteiger charge is -2.31. The number of rotatable bonds is 5. The molecule has 1 N–H and O–H groups in total. The van der Waals surface area contributed by atoms with Crippen LogP contribution in [0.1, 0.15) is 18.4 Å². The molecule has 142 valence electrons. The van der Waals surface area contributed by atoms with E-state index in [4.69, 9.17) is 4.74 Å². The van der Waals surface area contributed by atoms with Gasteiger partial charge < -0.3 is 15.0 Å². The van der Waals surface area contributed by atoms with E-state index in [9.17, 15) is 14.0 Å². The van der Waals surface area contributed by atoms with Gasteiger partial charge in [-0.3, -0.25) is 9.59 Å². The number of hydrogen-bond acceptors (Lipinski definition) is 3. The van der Waals surface area contributed by atoms with Gasteiger partial charge in [-0.05, 0) is 42.7 Å². The SMILES string of the molecule is COc1cccc(NC(=O)C2CCN(C(=O)Cc3ccc(F)cc3)CC2)c1. The number of carbonyl (C=O) groups excluding carboxylic acids is 2. The summed E-state index contributed by atoms with van der Waals surface area (Å²) in [7, 11) is 1.58. The average Bonchev–Trinajstić information content (AvgIpc) is 2.70. The van der Waals surface area contributed by atoms with Crippen molar-refractivity contribution in [3.05, 3.63) is 59.9 Å². The highest BCUT2D eigenvalue weighted by Crippen LogP contribution is 2.22. The van der Waals surface area contributed by atoms with Crippen LogP contribution in [0, 0.1) is 11.7 Å². The minimum atomic E-state index is -0.311. The van der Waals surface area contributed by atoms with Gasteiger partial charge in [-0.1, -0.05) is 18.2 Å². The Balaban J connectivity index is 1.49. The summed E-state index contributed by atoms with van der Waals surface area (Å²) in [6.07, 6.45) is 1.51. The molecule has 1 saturated heterocycles. The van der Waals surface area contributed by atoms with Crippen LogP contribution in [0.2, 0.25) is 0 Å². The van der Waals surface area contributed by atoms with Crippen LogP contribution in [0.3, 0.4) is 0 Å². The molecule has 0 atom stereocenters. The van der Waals surface area contributed by atoms with Crippen molar-refractivity contribution in [3.8, 4) is 5.75 Å². The van der Waals surface area contributed by atoms with Crippen LogP contribution in [0.4, 0.5) is 10.1 Å². The Labute approximate surface area is 158 Å². The highest BCUT2D eigenvalue weighted by Gasteiger charge is 2.27. The maximum Gasteiger partial charge on any atom is 0.227 e. The molecule has 0 spiro atoms. The van der Waals surface area contributed by atoms with Gasteiger partial charge >= 0.3 is 0 Å². The first-order chi connectivity index (χ1) is 13.0. The molecule has 1 aliphatic rings. The van der Waals surface area contributed by atoms with Crippen LogP contribution < -0.4 is 10.1 Å². The fourth-order valence-corrected chi connectivity index (χ4v) is 3.22. The van der Waals surface area contributed by atoms with Crippen molar-refractivity contribution in [2.75, 3.05) is 25.5 Å². The Kier molecular flexibility index (Phi) is 6.06. The van der Waals surface area contributed by atoms with Crippen molar-refractivity contribution in [1.29, 1.82) is 0 Å². The zero-order valence-electron chi connectivity index (χ0n) is 15.3. The highest BCUT2D eigenvalue weighted by molar-refractivity contribution is 5.93. The molecule has 1 fully saturated rings. The molecule has 0 radical (unpaired) electrons. The minimum Gasteiger partial charge on any atom is -0.497 e. The van der Waals surface area contributed by atoms with Crippen LogP contribution in [0.25, 0.3) is 0 Å². The zero-order chi connectivity index (χ0) is 19.2. The predicted octanol–water partition coefficient (Wildman–Crippen LogP) is 3.25. The van der Waals surface area contributed by atoms with Gasteiger partial charge in [-0.2, -0.15) is 0 Å². The Morgan fingerprint density at radius 3 is 2.52 bits per heavy atom. The molecule has 1 heterocycles. The fraction of sp³-hybridized carbons (Fsp3) is 0.333. The molecule has 2 aromatic carbocycles. The molecule has 1 aliphatic heterocycles. The molecule has 3 rings (SSSR count). The van der Waals surface area contributed by atoms with Crippen molar-refractivity contribution < 1.29 is 18.7 Å². The van der Waals surface area contributed by atoms with E-state index in [2.05, 4.69) is 5.32 Å². The molecule has 6 heteroatoms. The van der Waals surface area contributed by atoms with Crippen molar-refractivity contribution in [2.24, 2.45) is 5.92 Å². The third-order valence-electron chi connectivity index (χ3n) is 4.82. The number of methoxy groups -OCH3 is 1. The lowest BCUT2D eigenvalue weighted by molar-refractivity contribution is -0.133. The average molecular weight is 370 g/mol. The summed E-state index contributed by atoms with van der Waals surface area (Å²) in [4.78, 5) is 26.7. The van der Waals surface area contributed by atoms with Crippen LogP contribution in [0.15, 0.2) is 48.5 Å². The Bertz CT molecular complexity index is 799. The lowest BCUT2D eigenvalue weighted by Crippen LogP contribution is -2.42. The fourth-order valence-electron chi connectivity index (χ4n) is 3.22. The minimum absolute atomic E-state index is 0.00765. The summed E-state index contributed by atoms with van der Waals surface area (Å²) < 4.78 is 18.1. The number of carbonyl (C=O) groups is 2. The third-order valence-corrected chi connectivity index (χ3v) is 4.82. The molecular formula is C21H23FN2O3. The Morgan fingerprint density at radius 2 is 1.85 bits per heavy atom. The summed E-state index contributed by atoms with van der Waals surface area (Å²) in [5.74, 6) is 0.233. The second-order valence-electron chi connectivity index (χ2n) is 6.68. The van der Waals surface area contributed by atoms with E-state index in [1.165, 1.54) is 12.1 Å². The van der Waals surface area contributed by atoms with E-state index in [0.717, 1.165) is 5.56 Å². The molecule has 27 heavy (non-hydrogen) atoms. The number of anilines is 1. The molecule has 2 aromatic rings. The van der Waals surface area contributed by atoms with E-state index in [0.29, 0.717) is 37.4 Å². The second-order valence-corrected chi connectivity index (χ2v) is 6.68. The third kappa shape index (κ3) is 5.06. The monoisotopic (exact) mass is 370 g/mol. The summed E-state index contributed by atoms with van der Waals surface area (Å²) in [5, 5.41) is 2.92. The molecule has 2 amide bonds. The molecule has 0 bridgehead atoms. The predicted molar refractivity (Wildman–Crippen MR) is 101 cm³/mol. The molecule has 0 saturated carbocycles. The molecule has 5 nitrogen and oxygen atoms in total. The first-order valence-corrected chi connectivity index (χ1v) is 9.02. The van der Waals surface area contributed by atoms with Crippen LogP contribution >= 0.6 is 0 Å². The Morgan fingerprint density at radius 1 is 1.15 bits per heavy atom. The van der Waals surface area contributed by atoms with E-state index >= 15 is 0 Å². The summed E-state index contributed by atoms with van der Waals surface area (Å²) >= 11 is 0. The molecular weight excluding hydrogens is 347 g/mol. The second kappa shape index (κ2) is 8.66. The van der Waals surface area contributed by atoms with Crippen LogP contribution in [-0.2, 0) is 16.0 Å². The Hall–Kier alpha value is -2.89. The number of amides is 2. The highest BCUT2D eigenvalue weighted by atomic mass is 19.1. The van der Waals surface area contributed by atoms with Crippen molar-refractivity contribution in [3.63, 3.8) is 0 Å². The van der Waals surface area contributed by atoms with Crippen molar-refractivity contribution in [2.45, 2.75) is 19.3 Å². The standard InChI is InChI=1S/C21H23FN2O3/c1-27-19-4-2-3-18(14-19)23-21(26)16-9-11-24(12-10-16)20(25)13-15-5-7-17(22)8-6-15/h2-8,14,16H,9-13H2,1H3,(H,23,26). The van der Waals surface area contributed by atoms with Gasteiger partial charge in [0.15, 0.2) is 0 Å². The molecule has 0 aromatic heterocycles. The van der Waals surface area contributed by atoms with Crippen LogP contribution in [-0.4, -0.2) is 36.9 Å². The number of nitrogens with zero attached hydrogens (tertiary/aromatic N) is 1. The first kappa shape index (κ1) is 18.9. The van der Waals surface area contributed by atoms with E-state index in [-0.39, 0.29) is 30.0 Å². The van der Waals surface area contributed by atoms with Gasteiger partial charge in [0.05, 0.1) is 13.5 Å². The summed E-state index contributed by atoms with van der Waals surface area (Å²) in [6, 6.07) is 13.2. The van der Waals surface area contributed by atoms with E-state index in [1.54, 1.807) is 30.2 Å². The maximum absolute atomic E-state index is 13.0. The first-order valence-electron chi connectivity index (χ1n) is 9.02. The van der Waals surface area contributed by atoms with Gasteiger partial charge in [0, 0.05) is 30.8 Å². The lowest BCUT2D eigenvalue weighted by atomic mass is 9.95. The number of ether oxygens (including phenoxy) is 1. The summed E-state index contributed by atoms with van der Waals surface area (Å²) in [6.45, 7) is 1.10. The van der Waals surface area contributed by atoms with Gasteiger partial charge in [0.2, 0.25) is 11.8 Å². The normalized spacial score (nSPS) is 14.7. The quantitative estimate of drug-likeness (QED) is 0.879. The van der Waals surface area contributed by atoms with Gasteiger partial charge in [0.1, 0.15) is 11.6 Å². The van der Waals surface area contributed by atoms with Gasteiger partial charge in [0.25, 0.3) is 0 Å². The number of likely N-dealkylation sites (tertiary alicyclic amines) is 1. The maximum atomic E-state index is 13.0. The molecule has 0 aliphatic carbocycles. The van der Waals surface area contributed by atoms with Crippen molar-refractivity contribution in [1.82, 2.24) is 4.90 Å². The van der Waals surface area contributed by atoms with E-state index < -0.39 is 0 Å². The number of hydrogen-bond donors (Lipinski definition) is 1. The van der Waals surface area contributed by atoms with Crippen molar-refractivity contribution >= 4 is 17.5 Å². The smallest absolute Gasteiger partial charge is 0.227 e. The zero-order valence-corrected chi connectivity index (χ0v) is 15.3. The molecule has 0 unspecified atom stereocenters. The summed E-state index contributed by atoms with van der Waals surface area (Å²) in [5.41, 5.74) is 1.49.